The van der Waals surface area contributed by atoms with E-state index in [9.17, 15) is 5.11 Å². The van der Waals surface area contributed by atoms with E-state index in [-0.39, 0.29) is 0 Å². The fourth-order valence-electron chi connectivity index (χ4n) is 1.95. The van der Waals surface area contributed by atoms with E-state index in [0.29, 0.717) is 0 Å². The van der Waals surface area contributed by atoms with Gasteiger partial charge in [0.1, 0.15) is 6.10 Å². The van der Waals surface area contributed by atoms with Gasteiger partial charge in [0, 0.05) is 11.1 Å². The first kappa shape index (κ1) is 12.1. The van der Waals surface area contributed by atoms with Crippen molar-refractivity contribution in [1.29, 1.82) is 0 Å². The third-order valence-corrected chi connectivity index (χ3v) is 4.09. The molecule has 0 aliphatic rings. The van der Waals surface area contributed by atoms with Gasteiger partial charge in [-0.3, -0.25) is 4.98 Å². The molecule has 19 heavy (non-hydrogen) atoms. The molecule has 1 N–H and O–H groups in total. The summed E-state index contributed by atoms with van der Waals surface area (Å²) in [5.41, 5.74) is 1.86. The Morgan fingerprint density at radius 3 is 2.42 bits per heavy atom. The number of hydrogen-bond acceptors (Lipinski definition) is 3. The number of rotatable bonds is 3. The summed E-state index contributed by atoms with van der Waals surface area (Å²) in [5, 5.41) is 10.3. The van der Waals surface area contributed by atoms with Crippen LogP contribution in [0.25, 0.3) is 10.6 Å². The van der Waals surface area contributed by atoms with Gasteiger partial charge < -0.3 is 5.11 Å². The molecule has 0 spiro atoms. The number of benzene rings is 1. The van der Waals surface area contributed by atoms with E-state index >= 15 is 0 Å². The van der Waals surface area contributed by atoms with Crippen LogP contribution >= 0.6 is 11.3 Å². The largest absolute Gasteiger partial charge is 0.383 e. The molecule has 94 valence electrons. The molecule has 1 atom stereocenters. The van der Waals surface area contributed by atoms with Crippen LogP contribution in [0.4, 0.5) is 0 Å². The Morgan fingerprint density at radius 1 is 0.895 bits per heavy atom. The summed E-state index contributed by atoms with van der Waals surface area (Å²) in [6.07, 6.45) is 1.21. The molecule has 0 aliphatic heterocycles. The van der Waals surface area contributed by atoms with Gasteiger partial charge in [0.05, 0.1) is 10.6 Å². The van der Waals surface area contributed by atoms with E-state index in [1.807, 2.05) is 60.7 Å². The van der Waals surface area contributed by atoms with Crippen molar-refractivity contribution >= 4 is 11.3 Å². The van der Waals surface area contributed by atoms with Crippen LogP contribution in [0.1, 0.15) is 16.5 Å². The van der Waals surface area contributed by atoms with Crippen LogP contribution in [0, 0.1) is 0 Å². The molecule has 1 aromatic carbocycles. The van der Waals surface area contributed by atoms with Gasteiger partial charge in [-0.15, -0.1) is 11.3 Å². The minimum absolute atomic E-state index is 0.566. The number of aliphatic hydroxyl groups excluding tert-OH is 1. The van der Waals surface area contributed by atoms with Crippen LogP contribution in [0.3, 0.4) is 0 Å². The number of nitrogens with zero attached hydrogens (tertiary/aromatic N) is 1. The molecule has 0 fully saturated rings. The van der Waals surface area contributed by atoms with E-state index in [1.54, 1.807) is 17.5 Å². The maximum Gasteiger partial charge on any atom is 0.113 e. The number of aliphatic hydroxyl groups is 1. The van der Waals surface area contributed by atoms with Crippen LogP contribution < -0.4 is 0 Å². The topological polar surface area (TPSA) is 33.1 Å². The van der Waals surface area contributed by atoms with Gasteiger partial charge >= 0.3 is 0 Å². The van der Waals surface area contributed by atoms with Crippen LogP contribution in [0.2, 0.25) is 0 Å². The van der Waals surface area contributed by atoms with E-state index in [0.717, 1.165) is 21.0 Å². The number of hydrogen-bond donors (Lipinski definition) is 1. The van der Waals surface area contributed by atoms with Crippen molar-refractivity contribution in [3.63, 3.8) is 0 Å². The van der Waals surface area contributed by atoms with E-state index in [1.165, 1.54) is 0 Å². The highest BCUT2D eigenvalue weighted by molar-refractivity contribution is 7.15. The highest BCUT2D eigenvalue weighted by Gasteiger charge is 2.13. The number of aromatic nitrogens is 1. The average molecular weight is 267 g/mol. The van der Waals surface area contributed by atoms with Crippen molar-refractivity contribution in [3.05, 3.63) is 77.3 Å². The quantitative estimate of drug-likeness (QED) is 0.781. The molecule has 0 aliphatic carbocycles. The van der Waals surface area contributed by atoms with Crippen molar-refractivity contribution in [3.8, 4) is 10.6 Å². The fraction of sp³-hybridized carbons (Fsp3) is 0.0625. The van der Waals surface area contributed by atoms with Gasteiger partial charge in [-0.2, -0.15) is 0 Å². The molecule has 2 heterocycles. The zero-order valence-electron chi connectivity index (χ0n) is 10.2. The second-order valence-electron chi connectivity index (χ2n) is 4.23. The fourth-order valence-corrected chi connectivity index (χ4v) is 2.94. The maximum absolute atomic E-state index is 10.3. The van der Waals surface area contributed by atoms with Gasteiger partial charge in [-0.1, -0.05) is 36.4 Å². The van der Waals surface area contributed by atoms with Crippen LogP contribution in [-0.4, -0.2) is 10.1 Å². The number of thiophene rings is 1. The summed E-state index contributed by atoms with van der Waals surface area (Å²) in [7, 11) is 0. The lowest BCUT2D eigenvalue weighted by atomic mass is 10.1. The zero-order valence-corrected chi connectivity index (χ0v) is 11.0. The molecule has 0 saturated carbocycles. The first-order chi connectivity index (χ1) is 9.34. The Kier molecular flexibility index (Phi) is 3.40. The molecule has 3 aromatic rings. The normalized spacial score (nSPS) is 12.3. The molecule has 0 saturated heterocycles. The molecular formula is C16H13NOS. The molecule has 0 bridgehead atoms. The average Bonchev–Trinajstić information content (AvgIpc) is 2.98. The van der Waals surface area contributed by atoms with Crippen molar-refractivity contribution in [2.24, 2.45) is 0 Å². The lowest BCUT2D eigenvalue weighted by Gasteiger charge is -2.07. The van der Waals surface area contributed by atoms with Crippen LogP contribution in [-0.2, 0) is 0 Å². The summed E-state index contributed by atoms with van der Waals surface area (Å²) >= 11 is 1.58. The van der Waals surface area contributed by atoms with Gasteiger partial charge in [0.2, 0.25) is 0 Å². The molecule has 2 nitrogen and oxygen atoms in total. The monoisotopic (exact) mass is 267 g/mol. The molecule has 3 heteroatoms. The standard InChI is InChI=1S/C16H13NOS/c18-16(12-6-2-1-3-7-12)15-10-9-14(19-15)13-8-4-5-11-17-13/h1-11,16,18H. The van der Waals surface area contributed by atoms with Gasteiger partial charge in [0.25, 0.3) is 0 Å². The number of pyridine rings is 1. The summed E-state index contributed by atoms with van der Waals surface area (Å²) < 4.78 is 0. The summed E-state index contributed by atoms with van der Waals surface area (Å²) in [4.78, 5) is 6.33. The summed E-state index contributed by atoms with van der Waals surface area (Å²) in [5.74, 6) is 0. The van der Waals surface area contributed by atoms with E-state index in [2.05, 4.69) is 4.98 Å². The highest BCUT2D eigenvalue weighted by atomic mass is 32.1. The first-order valence-corrected chi connectivity index (χ1v) is 6.90. The Hall–Kier alpha value is -1.97. The van der Waals surface area contributed by atoms with Gasteiger partial charge in [-0.25, -0.2) is 0 Å². The summed E-state index contributed by atoms with van der Waals surface area (Å²) in [6, 6.07) is 19.5. The van der Waals surface area contributed by atoms with Gasteiger partial charge in [-0.05, 0) is 29.8 Å². The Balaban J connectivity index is 1.90. The van der Waals surface area contributed by atoms with Crippen molar-refractivity contribution in [1.82, 2.24) is 4.98 Å². The van der Waals surface area contributed by atoms with Crippen molar-refractivity contribution in [2.75, 3.05) is 0 Å². The second-order valence-corrected chi connectivity index (χ2v) is 5.35. The molecule has 0 radical (unpaired) electrons. The predicted molar refractivity (Wildman–Crippen MR) is 78.1 cm³/mol. The molecule has 1 unspecified atom stereocenters. The minimum atomic E-state index is -0.566. The Bertz CT molecular complexity index is 649. The Labute approximate surface area is 116 Å². The van der Waals surface area contributed by atoms with Crippen molar-refractivity contribution in [2.45, 2.75) is 6.10 Å². The Morgan fingerprint density at radius 2 is 1.68 bits per heavy atom. The van der Waals surface area contributed by atoms with Crippen molar-refractivity contribution < 1.29 is 5.11 Å². The van der Waals surface area contributed by atoms with Crippen LogP contribution in [0.15, 0.2) is 66.9 Å². The lowest BCUT2D eigenvalue weighted by molar-refractivity contribution is 0.224. The molecule has 3 rings (SSSR count). The lowest BCUT2D eigenvalue weighted by Crippen LogP contribution is -1.95. The predicted octanol–water partition coefficient (Wildman–Crippen LogP) is 3.89. The third-order valence-electron chi connectivity index (χ3n) is 2.93. The highest BCUT2D eigenvalue weighted by Crippen LogP contribution is 2.32. The third kappa shape index (κ3) is 2.57. The summed E-state index contributed by atoms with van der Waals surface area (Å²) in [6.45, 7) is 0. The van der Waals surface area contributed by atoms with E-state index in [4.69, 9.17) is 0 Å². The first-order valence-electron chi connectivity index (χ1n) is 6.09. The zero-order chi connectivity index (χ0) is 13.1. The SMILES string of the molecule is OC(c1ccccc1)c1ccc(-c2ccccn2)s1. The molecule has 2 aromatic heterocycles. The molecular weight excluding hydrogens is 254 g/mol. The molecule has 0 amide bonds. The second kappa shape index (κ2) is 5.34. The smallest absolute Gasteiger partial charge is 0.113 e. The van der Waals surface area contributed by atoms with E-state index < -0.39 is 6.10 Å². The minimum Gasteiger partial charge on any atom is -0.383 e. The van der Waals surface area contributed by atoms with Crippen LogP contribution in [0.5, 0.6) is 0 Å². The van der Waals surface area contributed by atoms with Gasteiger partial charge in [0.15, 0.2) is 0 Å². The maximum atomic E-state index is 10.3.